The Hall–Kier alpha value is -4.03. The van der Waals surface area contributed by atoms with Gasteiger partial charge in [-0.1, -0.05) is 12.1 Å². The smallest absolute Gasteiger partial charge is 0.266 e. The summed E-state index contributed by atoms with van der Waals surface area (Å²) in [5.74, 6) is 0.169. The Balaban J connectivity index is 1.92. The van der Waals surface area contributed by atoms with Crippen LogP contribution in [-0.4, -0.2) is 33.1 Å². The molecule has 8 nitrogen and oxygen atoms in total. The summed E-state index contributed by atoms with van der Waals surface area (Å²) in [6, 6.07) is 10.8. The van der Waals surface area contributed by atoms with Gasteiger partial charge in [0.1, 0.15) is 11.1 Å². The zero-order chi connectivity index (χ0) is 25.0. The number of carbonyl (C=O) groups excluding carboxylic acids is 2. The van der Waals surface area contributed by atoms with Gasteiger partial charge in [-0.25, -0.2) is 0 Å². The molecule has 3 rings (SSSR count). The van der Waals surface area contributed by atoms with Gasteiger partial charge in [-0.2, -0.15) is 5.26 Å². The number of hydrogen-bond acceptors (Lipinski definition) is 7. The van der Waals surface area contributed by atoms with Crippen LogP contribution >= 0.6 is 11.3 Å². The normalized spacial score (nSPS) is 10.3. The summed E-state index contributed by atoms with van der Waals surface area (Å²) in [6.45, 7) is 5.57. The minimum Gasteiger partial charge on any atom is -0.493 e. The van der Waals surface area contributed by atoms with E-state index in [1.807, 2.05) is 32.0 Å². The summed E-state index contributed by atoms with van der Waals surface area (Å²) in [5, 5.41) is 15.6. The van der Waals surface area contributed by atoms with Crippen molar-refractivity contribution in [3.8, 4) is 23.3 Å². The van der Waals surface area contributed by atoms with Crippen molar-refractivity contribution in [2.75, 3.05) is 32.0 Å². The summed E-state index contributed by atoms with van der Waals surface area (Å²) in [4.78, 5) is 26.4. The molecule has 0 bridgehead atoms. The van der Waals surface area contributed by atoms with Crippen LogP contribution in [0.1, 0.15) is 42.3 Å². The number of aryl methyl sites for hydroxylation is 1. The zero-order valence-electron chi connectivity index (χ0n) is 19.8. The summed E-state index contributed by atoms with van der Waals surface area (Å²) in [7, 11) is 4.38. The van der Waals surface area contributed by atoms with Crippen molar-refractivity contribution in [1.29, 1.82) is 5.26 Å². The van der Waals surface area contributed by atoms with Crippen LogP contribution in [0.3, 0.4) is 0 Å². The van der Waals surface area contributed by atoms with Gasteiger partial charge in [-0.05, 0) is 55.7 Å². The highest BCUT2D eigenvalue weighted by molar-refractivity contribution is 7.18. The fourth-order valence-corrected chi connectivity index (χ4v) is 4.45. The Kier molecular flexibility index (Phi) is 7.44. The number of anilines is 2. The Labute approximate surface area is 202 Å². The summed E-state index contributed by atoms with van der Waals surface area (Å²) >= 11 is 1.04. The summed E-state index contributed by atoms with van der Waals surface area (Å²) in [5.41, 5.74) is 3.68. The van der Waals surface area contributed by atoms with Gasteiger partial charge >= 0.3 is 0 Å². The summed E-state index contributed by atoms with van der Waals surface area (Å²) in [6.07, 6.45) is 0. The minimum absolute atomic E-state index is 0.233. The first-order chi connectivity index (χ1) is 16.2. The molecule has 0 atom stereocenters. The van der Waals surface area contributed by atoms with Gasteiger partial charge in [0.2, 0.25) is 5.75 Å². The molecule has 34 heavy (non-hydrogen) atoms. The number of nitrogens with zero attached hydrogens (tertiary/aromatic N) is 1. The number of nitrogens with one attached hydrogen (secondary N) is 2. The lowest BCUT2D eigenvalue weighted by molar-refractivity contribution is 0.101. The van der Waals surface area contributed by atoms with Crippen LogP contribution in [0.2, 0.25) is 0 Å². The highest BCUT2D eigenvalue weighted by Gasteiger charge is 2.23. The monoisotopic (exact) mass is 479 g/mol. The van der Waals surface area contributed by atoms with Crippen molar-refractivity contribution >= 4 is 33.8 Å². The highest BCUT2D eigenvalue weighted by Crippen LogP contribution is 2.39. The van der Waals surface area contributed by atoms with Gasteiger partial charge in [0.25, 0.3) is 11.8 Å². The molecule has 0 saturated heterocycles. The van der Waals surface area contributed by atoms with Crippen molar-refractivity contribution in [1.82, 2.24) is 0 Å². The van der Waals surface area contributed by atoms with E-state index in [9.17, 15) is 14.9 Å². The average Bonchev–Trinajstić information content (AvgIpc) is 3.15. The van der Waals surface area contributed by atoms with E-state index in [2.05, 4.69) is 16.7 Å². The van der Waals surface area contributed by atoms with Crippen LogP contribution in [0.15, 0.2) is 30.3 Å². The lowest BCUT2D eigenvalue weighted by atomic mass is 10.1. The van der Waals surface area contributed by atoms with Crippen LogP contribution in [0, 0.1) is 32.1 Å². The quantitative estimate of drug-likeness (QED) is 0.489. The molecule has 9 heteroatoms. The van der Waals surface area contributed by atoms with Crippen molar-refractivity contribution in [3.05, 3.63) is 63.0 Å². The van der Waals surface area contributed by atoms with Gasteiger partial charge in [0.15, 0.2) is 11.5 Å². The molecule has 2 amide bonds. The molecule has 0 unspecified atom stereocenters. The van der Waals surface area contributed by atoms with Crippen molar-refractivity contribution in [2.24, 2.45) is 0 Å². The predicted octanol–water partition coefficient (Wildman–Crippen LogP) is 5.08. The van der Waals surface area contributed by atoms with Crippen LogP contribution < -0.4 is 24.8 Å². The average molecular weight is 480 g/mol. The third kappa shape index (κ3) is 4.67. The van der Waals surface area contributed by atoms with E-state index in [0.717, 1.165) is 22.5 Å². The SMILES string of the molecule is COc1cc(C(=O)Nc2sc(C(=O)Nc3cccc(C)c3C)c(C)c2C#N)cc(OC)c1OC. The predicted molar refractivity (Wildman–Crippen MR) is 132 cm³/mol. The lowest BCUT2D eigenvalue weighted by Gasteiger charge is -2.14. The number of methoxy groups -OCH3 is 3. The van der Waals surface area contributed by atoms with E-state index < -0.39 is 5.91 Å². The van der Waals surface area contributed by atoms with Gasteiger partial charge in [-0.3, -0.25) is 9.59 Å². The molecule has 0 aliphatic rings. The number of thiophene rings is 1. The second-order valence-corrected chi connectivity index (χ2v) is 8.46. The van der Waals surface area contributed by atoms with Gasteiger partial charge < -0.3 is 24.8 Å². The molecule has 0 radical (unpaired) electrons. The molecule has 0 aliphatic heterocycles. The maximum absolute atomic E-state index is 13.0. The maximum Gasteiger partial charge on any atom is 0.266 e. The lowest BCUT2D eigenvalue weighted by Crippen LogP contribution is -2.13. The van der Waals surface area contributed by atoms with Crippen LogP contribution in [0.4, 0.5) is 10.7 Å². The Morgan fingerprint density at radius 1 is 0.912 bits per heavy atom. The second-order valence-electron chi connectivity index (χ2n) is 7.44. The molecule has 0 fully saturated rings. The van der Waals surface area contributed by atoms with E-state index in [4.69, 9.17) is 14.2 Å². The number of hydrogen-bond donors (Lipinski definition) is 2. The van der Waals surface area contributed by atoms with Crippen molar-refractivity contribution < 1.29 is 23.8 Å². The number of nitriles is 1. The molecule has 3 aromatic rings. The number of benzene rings is 2. The molecule has 0 aliphatic carbocycles. The van der Waals surface area contributed by atoms with Crippen molar-refractivity contribution in [3.63, 3.8) is 0 Å². The van der Waals surface area contributed by atoms with E-state index in [1.165, 1.54) is 33.5 Å². The van der Waals surface area contributed by atoms with E-state index in [-0.39, 0.29) is 22.0 Å². The number of rotatable bonds is 7. The third-order valence-corrected chi connectivity index (χ3v) is 6.68. The molecule has 2 aromatic carbocycles. The van der Waals surface area contributed by atoms with Gasteiger partial charge in [0.05, 0.1) is 31.8 Å². The Morgan fingerprint density at radius 2 is 1.56 bits per heavy atom. The Morgan fingerprint density at radius 3 is 2.12 bits per heavy atom. The molecule has 0 saturated carbocycles. The molecule has 176 valence electrons. The first kappa shape index (κ1) is 24.6. The van der Waals surface area contributed by atoms with E-state index in [0.29, 0.717) is 33.4 Å². The van der Waals surface area contributed by atoms with E-state index >= 15 is 0 Å². The number of amides is 2. The molecule has 1 aromatic heterocycles. The van der Waals surface area contributed by atoms with Crippen LogP contribution in [0.5, 0.6) is 17.2 Å². The Bertz CT molecular complexity index is 1280. The standard InChI is InChI=1S/C25H25N3O5S/c1-13-8-7-9-18(14(13)2)27-24(30)22-15(3)17(12-26)25(34-22)28-23(29)16-10-19(31-4)21(33-6)20(11-16)32-5/h7-11H,1-6H3,(H,27,30)(H,28,29). The minimum atomic E-state index is -0.488. The first-order valence-electron chi connectivity index (χ1n) is 10.3. The third-order valence-electron chi connectivity index (χ3n) is 5.47. The van der Waals surface area contributed by atoms with E-state index in [1.54, 1.807) is 6.92 Å². The fraction of sp³-hybridized carbons (Fsp3) is 0.240. The maximum atomic E-state index is 13.0. The molecule has 1 heterocycles. The fourth-order valence-electron chi connectivity index (χ4n) is 3.41. The van der Waals surface area contributed by atoms with Crippen molar-refractivity contribution in [2.45, 2.75) is 20.8 Å². The molecular formula is C25H25N3O5S. The van der Waals surface area contributed by atoms with Crippen LogP contribution in [0.25, 0.3) is 0 Å². The molecular weight excluding hydrogens is 454 g/mol. The van der Waals surface area contributed by atoms with Gasteiger partial charge in [-0.15, -0.1) is 11.3 Å². The highest BCUT2D eigenvalue weighted by atomic mass is 32.1. The number of carbonyl (C=O) groups is 2. The number of ether oxygens (including phenoxy) is 3. The van der Waals surface area contributed by atoms with Crippen LogP contribution in [-0.2, 0) is 0 Å². The topological polar surface area (TPSA) is 110 Å². The van der Waals surface area contributed by atoms with Gasteiger partial charge in [0, 0.05) is 11.3 Å². The molecule has 2 N–H and O–H groups in total. The molecule has 0 spiro atoms. The largest absolute Gasteiger partial charge is 0.493 e. The zero-order valence-corrected chi connectivity index (χ0v) is 20.6. The first-order valence-corrected chi connectivity index (χ1v) is 11.1. The summed E-state index contributed by atoms with van der Waals surface area (Å²) < 4.78 is 15.9. The second kappa shape index (κ2) is 10.3.